The summed E-state index contributed by atoms with van der Waals surface area (Å²) in [6.45, 7) is 1.56. The van der Waals surface area contributed by atoms with Crippen molar-refractivity contribution in [3.05, 3.63) is 83.9 Å². The maximum absolute atomic E-state index is 4.66. The topological polar surface area (TPSA) is 49.8 Å². The Morgan fingerprint density at radius 1 is 0.600 bits per heavy atom. The highest BCUT2D eigenvalue weighted by Crippen LogP contribution is 2.29. The maximum atomic E-state index is 4.66. The van der Waals surface area contributed by atoms with Crippen LogP contribution in [0.3, 0.4) is 0 Å². The normalized spacial score (nSPS) is 11.5. The molecule has 0 fully saturated rings. The first-order chi connectivity index (χ1) is 14.8. The standard InChI is InChI=1S/C22H18N4S4/c1-2-8-16(14-24-30-22-26-18-10-4-6-12-20(18)28-22)15(7-1)13-23-29-21-25-17-9-3-5-11-19(17)27-21/h1-12,23-24H,13-14H2. The monoisotopic (exact) mass is 466 g/mol. The van der Waals surface area contributed by atoms with Crippen molar-refractivity contribution in [3.8, 4) is 0 Å². The van der Waals surface area contributed by atoms with E-state index in [0.29, 0.717) is 0 Å². The second kappa shape index (κ2) is 9.47. The van der Waals surface area contributed by atoms with Gasteiger partial charge in [0.25, 0.3) is 0 Å². The Labute approximate surface area is 191 Å². The second-order valence-corrected chi connectivity index (χ2v) is 10.8. The summed E-state index contributed by atoms with van der Waals surface area (Å²) in [7, 11) is 0. The van der Waals surface area contributed by atoms with Gasteiger partial charge in [-0.1, -0.05) is 48.5 Å². The third kappa shape index (κ3) is 4.69. The lowest BCUT2D eigenvalue weighted by atomic mass is 10.1. The average molecular weight is 467 g/mol. The van der Waals surface area contributed by atoms with Crippen LogP contribution in [0.4, 0.5) is 0 Å². The minimum atomic E-state index is 0.782. The highest BCUT2D eigenvalue weighted by Gasteiger charge is 2.07. The molecule has 0 spiro atoms. The van der Waals surface area contributed by atoms with Crippen LogP contribution in [0.2, 0.25) is 0 Å². The van der Waals surface area contributed by atoms with Crippen LogP contribution in [0.25, 0.3) is 20.4 Å². The summed E-state index contributed by atoms with van der Waals surface area (Å²) in [6, 6.07) is 25.0. The van der Waals surface area contributed by atoms with Crippen molar-refractivity contribution in [1.82, 2.24) is 19.4 Å². The lowest BCUT2D eigenvalue weighted by molar-refractivity contribution is 0.899. The van der Waals surface area contributed by atoms with Gasteiger partial charge >= 0.3 is 0 Å². The van der Waals surface area contributed by atoms with Crippen LogP contribution < -0.4 is 9.44 Å². The Morgan fingerprint density at radius 3 is 1.50 bits per heavy atom. The molecule has 0 unspecified atom stereocenters. The van der Waals surface area contributed by atoms with E-state index in [-0.39, 0.29) is 0 Å². The van der Waals surface area contributed by atoms with Crippen molar-refractivity contribution in [1.29, 1.82) is 0 Å². The zero-order chi connectivity index (χ0) is 20.2. The van der Waals surface area contributed by atoms with E-state index in [1.807, 2.05) is 12.1 Å². The molecule has 0 aliphatic heterocycles. The molecule has 0 bridgehead atoms. The fourth-order valence-electron chi connectivity index (χ4n) is 3.04. The average Bonchev–Trinajstić information content (AvgIpc) is 3.38. The van der Waals surface area contributed by atoms with Crippen molar-refractivity contribution in [2.45, 2.75) is 21.8 Å². The largest absolute Gasteiger partial charge is 0.253 e. The number of para-hydroxylation sites is 2. The summed E-state index contributed by atoms with van der Waals surface area (Å²) in [5, 5.41) is 0. The number of fused-ring (bicyclic) bond motifs is 2. The van der Waals surface area contributed by atoms with Crippen LogP contribution in [0.5, 0.6) is 0 Å². The van der Waals surface area contributed by atoms with Crippen LogP contribution in [0.1, 0.15) is 11.1 Å². The van der Waals surface area contributed by atoms with Gasteiger partial charge in [0.1, 0.15) is 0 Å². The Hall–Kier alpha value is -1.94. The van der Waals surface area contributed by atoms with Crippen LogP contribution in [-0.2, 0) is 13.1 Å². The molecule has 5 rings (SSSR count). The fraction of sp³-hybridized carbons (Fsp3) is 0.0909. The smallest absolute Gasteiger partial charge is 0.166 e. The SMILES string of the molecule is c1ccc(CNSc2nc3ccccc3s2)c(CNSc2nc3ccccc3s2)c1. The lowest BCUT2D eigenvalue weighted by Gasteiger charge is -2.10. The Balaban J connectivity index is 1.17. The van der Waals surface area contributed by atoms with E-state index in [4.69, 9.17) is 0 Å². The minimum Gasteiger partial charge on any atom is -0.253 e. The zero-order valence-corrected chi connectivity index (χ0v) is 19.1. The number of hydrogen-bond acceptors (Lipinski definition) is 8. The molecule has 4 nitrogen and oxygen atoms in total. The van der Waals surface area contributed by atoms with Gasteiger partial charge in [-0.25, -0.2) is 9.97 Å². The molecule has 3 aromatic carbocycles. The first-order valence-electron chi connectivity index (χ1n) is 9.42. The van der Waals surface area contributed by atoms with Crippen LogP contribution in [-0.4, -0.2) is 9.97 Å². The Bertz CT molecular complexity index is 1120. The van der Waals surface area contributed by atoms with Gasteiger partial charge in [0.2, 0.25) is 0 Å². The summed E-state index contributed by atoms with van der Waals surface area (Å²) in [5.41, 5.74) is 4.68. The van der Waals surface area contributed by atoms with Gasteiger partial charge in [0.05, 0.1) is 20.4 Å². The van der Waals surface area contributed by atoms with Crippen molar-refractivity contribution < 1.29 is 0 Å². The molecule has 0 aliphatic carbocycles. The fourth-order valence-corrected chi connectivity index (χ4v) is 6.65. The summed E-state index contributed by atoms with van der Waals surface area (Å²) in [5.74, 6) is 0. The third-order valence-electron chi connectivity index (χ3n) is 4.51. The number of aromatic nitrogens is 2. The molecule has 0 aliphatic rings. The Kier molecular flexibility index (Phi) is 6.31. The number of hydrogen-bond donors (Lipinski definition) is 2. The molecule has 0 amide bonds. The molecule has 30 heavy (non-hydrogen) atoms. The van der Waals surface area contributed by atoms with Gasteiger partial charge in [-0.05, 0) is 59.3 Å². The molecule has 0 atom stereocenters. The highest BCUT2D eigenvalue weighted by molar-refractivity contribution is 7.99. The van der Waals surface area contributed by atoms with E-state index < -0.39 is 0 Å². The molecule has 0 radical (unpaired) electrons. The molecule has 5 aromatic rings. The van der Waals surface area contributed by atoms with Gasteiger partial charge in [-0.2, -0.15) is 0 Å². The molecule has 8 heteroatoms. The number of rotatable bonds is 8. The molecule has 150 valence electrons. The van der Waals surface area contributed by atoms with Crippen LogP contribution in [0.15, 0.2) is 81.5 Å². The summed E-state index contributed by atoms with van der Waals surface area (Å²) >= 11 is 6.63. The van der Waals surface area contributed by atoms with Gasteiger partial charge in [0, 0.05) is 13.1 Å². The van der Waals surface area contributed by atoms with E-state index in [2.05, 4.69) is 80.1 Å². The summed E-state index contributed by atoms with van der Waals surface area (Å²) in [6.07, 6.45) is 0. The Morgan fingerprint density at radius 2 is 1.03 bits per heavy atom. The minimum absolute atomic E-state index is 0.782. The predicted molar refractivity (Wildman–Crippen MR) is 131 cm³/mol. The highest BCUT2D eigenvalue weighted by atomic mass is 32.2. The van der Waals surface area contributed by atoms with Crippen molar-refractivity contribution in [2.75, 3.05) is 0 Å². The first-order valence-corrected chi connectivity index (χ1v) is 12.7. The van der Waals surface area contributed by atoms with Crippen LogP contribution in [0, 0.1) is 0 Å². The molecular formula is C22H18N4S4. The van der Waals surface area contributed by atoms with Gasteiger partial charge < -0.3 is 0 Å². The van der Waals surface area contributed by atoms with E-state index >= 15 is 0 Å². The van der Waals surface area contributed by atoms with E-state index in [1.165, 1.54) is 20.5 Å². The molecule has 2 aromatic heterocycles. The first kappa shape index (κ1) is 20.0. The van der Waals surface area contributed by atoms with Crippen molar-refractivity contribution in [2.24, 2.45) is 0 Å². The van der Waals surface area contributed by atoms with Crippen LogP contribution >= 0.6 is 46.6 Å². The number of nitrogens with zero attached hydrogens (tertiary/aromatic N) is 2. The predicted octanol–water partition coefficient (Wildman–Crippen LogP) is 6.50. The van der Waals surface area contributed by atoms with Gasteiger partial charge in [-0.15, -0.1) is 22.7 Å². The third-order valence-corrected chi connectivity index (χ3v) is 8.28. The number of benzene rings is 3. The van der Waals surface area contributed by atoms with Gasteiger partial charge in [0.15, 0.2) is 8.68 Å². The number of nitrogens with one attached hydrogen (secondary N) is 2. The van der Waals surface area contributed by atoms with Crippen molar-refractivity contribution >= 4 is 67.0 Å². The molecule has 2 heterocycles. The van der Waals surface area contributed by atoms with Gasteiger partial charge in [-0.3, -0.25) is 9.44 Å². The molecular weight excluding hydrogens is 449 g/mol. The van der Waals surface area contributed by atoms with Crippen molar-refractivity contribution in [3.63, 3.8) is 0 Å². The maximum Gasteiger partial charge on any atom is 0.166 e. The summed E-state index contributed by atoms with van der Waals surface area (Å²) in [4.78, 5) is 9.33. The molecule has 0 saturated carbocycles. The molecule has 2 N–H and O–H groups in total. The lowest BCUT2D eigenvalue weighted by Crippen LogP contribution is -2.10. The number of thiazole rings is 2. The van der Waals surface area contributed by atoms with E-state index in [9.17, 15) is 0 Å². The zero-order valence-electron chi connectivity index (χ0n) is 15.9. The quantitative estimate of drug-likeness (QED) is 0.255. The summed E-state index contributed by atoms with van der Waals surface area (Å²) < 4.78 is 11.5. The molecule has 0 saturated heterocycles. The van der Waals surface area contributed by atoms with E-state index in [1.54, 1.807) is 46.6 Å². The second-order valence-electron chi connectivity index (χ2n) is 6.51. The van der Waals surface area contributed by atoms with E-state index in [0.717, 1.165) is 32.8 Å².